The second-order valence-electron chi connectivity index (χ2n) is 5.41. The van der Waals surface area contributed by atoms with Gasteiger partial charge in [-0.15, -0.1) is 0 Å². The van der Waals surface area contributed by atoms with E-state index in [4.69, 9.17) is 0 Å². The summed E-state index contributed by atoms with van der Waals surface area (Å²) in [6.07, 6.45) is 2.25. The molecule has 0 aliphatic carbocycles. The number of hydrogen-bond donors (Lipinski definition) is 1. The van der Waals surface area contributed by atoms with Crippen LogP contribution >= 0.6 is 0 Å². The van der Waals surface area contributed by atoms with E-state index in [1.54, 1.807) is 18.2 Å². The molecule has 1 N–H and O–H groups in total. The molecule has 0 spiro atoms. The van der Waals surface area contributed by atoms with Crippen molar-refractivity contribution < 1.29 is 4.92 Å². The third-order valence-electron chi connectivity index (χ3n) is 4.05. The molecule has 110 valence electrons. The second-order valence-corrected chi connectivity index (χ2v) is 5.41. The van der Waals surface area contributed by atoms with E-state index in [9.17, 15) is 10.1 Å². The highest BCUT2D eigenvalue weighted by Gasteiger charge is 2.27. The number of nitrogens with one attached hydrogen (secondary N) is 1. The predicted octanol–water partition coefficient (Wildman–Crippen LogP) is 2.73. The Hall–Kier alpha value is -1.46. The molecule has 2 unspecified atom stereocenters. The van der Waals surface area contributed by atoms with Crippen LogP contribution in [0.2, 0.25) is 0 Å². The maximum Gasteiger partial charge on any atom is 0.269 e. The summed E-state index contributed by atoms with van der Waals surface area (Å²) in [4.78, 5) is 13.1. The van der Waals surface area contributed by atoms with Crippen LogP contribution in [-0.4, -0.2) is 35.5 Å². The summed E-state index contributed by atoms with van der Waals surface area (Å²) in [5, 5.41) is 14.3. The molecular formula is C15H23N3O2. The minimum Gasteiger partial charge on any atom is -0.315 e. The first kappa shape index (κ1) is 14.9. The molecule has 2 atom stereocenters. The number of nitrogens with zero attached hydrogens (tertiary/aromatic N) is 2. The van der Waals surface area contributed by atoms with Gasteiger partial charge in [0.05, 0.1) is 4.92 Å². The van der Waals surface area contributed by atoms with E-state index >= 15 is 0 Å². The number of non-ortho nitro benzene ring substituents is 1. The van der Waals surface area contributed by atoms with Gasteiger partial charge < -0.3 is 5.32 Å². The molecule has 20 heavy (non-hydrogen) atoms. The predicted molar refractivity (Wildman–Crippen MR) is 79.8 cm³/mol. The first-order chi connectivity index (χ1) is 9.63. The molecule has 5 heteroatoms. The second kappa shape index (κ2) is 6.81. The van der Waals surface area contributed by atoms with Crippen LogP contribution in [-0.2, 0) is 0 Å². The number of nitro groups is 1. The van der Waals surface area contributed by atoms with Crippen LogP contribution in [0.3, 0.4) is 0 Å². The number of hydrogen-bond acceptors (Lipinski definition) is 4. The molecule has 1 saturated heterocycles. The maximum absolute atomic E-state index is 10.9. The smallest absolute Gasteiger partial charge is 0.269 e. The normalized spacial score (nSPS) is 20.2. The van der Waals surface area contributed by atoms with Crippen molar-refractivity contribution in [3.05, 3.63) is 39.9 Å². The van der Waals surface area contributed by atoms with Crippen LogP contribution in [0.15, 0.2) is 24.3 Å². The summed E-state index contributed by atoms with van der Waals surface area (Å²) < 4.78 is 0. The SMILES string of the molecule is CCCN(C1CCNC1)C(C)c1cccc([N+](=O)[O-])c1. The summed E-state index contributed by atoms with van der Waals surface area (Å²) in [6, 6.07) is 7.76. The van der Waals surface area contributed by atoms with Gasteiger partial charge in [0.15, 0.2) is 0 Å². The third-order valence-corrected chi connectivity index (χ3v) is 4.05. The molecule has 1 aromatic carbocycles. The van der Waals surface area contributed by atoms with Crippen molar-refractivity contribution >= 4 is 5.69 Å². The fourth-order valence-electron chi connectivity index (χ4n) is 2.96. The van der Waals surface area contributed by atoms with Crippen LogP contribution in [0.25, 0.3) is 0 Å². The number of rotatable bonds is 6. The van der Waals surface area contributed by atoms with E-state index in [1.807, 2.05) is 6.07 Å². The van der Waals surface area contributed by atoms with E-state index in [-0.39, 0.29) is 16.7 Å². The fourth-order valence-corrected chi connectivity index (χ4v) is 2.96. The highest BCUT2D eigenvalue weighted by molar-refractivity contribution is 5.35. The lowest BCUT2D eigenvalue weighted by Gasteiger charge is -2.34. The highest BCUT2D eigenvalue weighted by Crippen LogP contribution is 2.27. The van der Waals surface area contributed by atoms with Crippen molar-refractivity contribution in [2.45, 2.75) is 38.8 Å². The van der Waals surface area contributed by atoms with E-state index in [1.165, 1.54) is 0 Å². The summed E-state index contributed by atoms with van der Waals surface area (Å²) in [6.45, 7) is 7.42. The molecule has 0 aromatic heterocycles. The van der Waals surface area contributed by atoms with Gasteiger partial charge in [-0.3, -0.25) is 15.0 Å². The Morgan fingerprint density at radius 3 is 2.95 bits per heavy atom. The topological polar surface area (TPSA) is 58.4 Å². The molecule has 1 aliphatic heterocycles. The monoisotopic (exact) mass is 277 g/mol. The molecule has 0 saturated carbocycles. The molecule has 1 heterocycles. The Labute approximate surface area is 120 Å². The molecule has 1 aliphatic rings. The maximum atomic E-state index is 10.9. The van der Waals surface area contributed by atoms with Crippen molar-refractivity contribution in [2.75, 3.05) is 19.6 Å². The van der Waals surface area contributed by atoms with Gasteiger partial charge in [-0.05, 0) is 38.4 Å². The first-order valence-electron chi connectivity index (χ1n) is 7.34. The lowest BCUT2D eigenvalue weighted by molar-refractivity contribution is -0.385. The van der Waals surface area contributed by atoms with Crippen molar-refractivity contribution in [1.29, 1.82) is 0 Å². The number of nitro benzene ring substituents is 1. The minimum atomic E-state index is -0.322. The zero-order chi connectivity index (χ0) is 14.5. The molecule has 5 nitrogen and oxygen atoms in total. The van der Waals surface area contributed by atoms with E-state index in [0.29, 0.717) is 6.04 Å². The Morgan fingerprint density at radius 1 is 1.55 bits per heavy atom. The standard InChI is InChI=1S/C15H23N3O2/c1-3-9-17(15-7-8-16-11-15)12(2)13-5-4-6-14(10-13)18(19)20/h4-6,10,12,15-16H,3,7-9,11H2,1-2H3. The Bertz CT molecular complexity index is 458. The molecule has 1 aromatic rings. The summed E-state index contributed by atoms with van der Waals surface area (Å²) in [5.41, 5.74) is 1.20. The van der Waals surface area contributed by atoms with Gasteiger partial charge in [0.1, 0.15) is 0 Å². The summed E-state index contributed by atoms with van der Waals surface area (Å²) in [5.74, 6) is 0. The minimum absolute atomic E-state index is 0.176. The molecule has 0 bridgehead atoms. The van der Waals surface area contributed by atoms with Crippen molar-refractivity contribution in [3.8, 4) is 0 Å². The van der Waals surface area contributed by atoms with Gasteiger partial charge in [-0.25, -0.2) is 0 Å². The van der Waals surface area contributed by atoms with Crippen LogP contribution in [0, 0.1) is 10.1 Å². The van der Waals surface area contributed by atoms with Crippen molar-refractivity contribution in [2.24, 2.45) is 0 Å². The van der Waals surface area contributed by atoms with Crippen LogP contribution < -0.4 is 5.32 Å². The third kappa shape index (κ3) is 3.35. The highest BCUT2D eigenvalue weighted by atomic mass is 16.6. The Balaban J connectivity index is 2.19. The van der Waals surface area contributed by atoms with Gasteiger partial charge in [0, 0.05) is 30.8 Å². The van der Waals surface area contributed by atoms with Gasteiger partial charge in [-0.2, -0.15) is 0 Å². The van der Waals surface area contributed by atoms with Gasteiger partial charge >= 0.3 is 0 Å². The van der Waals surface area contributed by atoms with Gasteiger partial charge in [-0.1, -0.05) is 19.1 Å². The largest absolute Gasteiger partial charge is 0.315 e. The first-order valence-corrected chi connectivity index (χ1v) is 7.34. The average molecular weight is 277 g/mol. The molecule has 0 amide bonds. The van der Waals surface area contributed by atoms with Crippen molar-refractivity contribution in [3.63, 3.8) is 0 Å². The molecular weight excluding hydrogens is 254 g/mol. The summed E-state index contributed by atoms with van der Waals surface area (Å²) in [7, 11) is 0. The molecule has 2 rings (SSSR count). The zero-order valence-electron chi connectivity index (χ0n) is 12.2. The van der Waals surface area contributed by atoms with Crippen LogP contribution in [0.5, 0.6) is 0 Å². The van der Waals surface area contributed by atoms with Crippen LogP contribution in [0.1, 0.15) is 38.3 Å². The average Bonchev–Trinajstić information content (AvgIpc) is 2.98. The quantitative estimate of drug-likeness (QED) is 0.641. The summed E-state index contributed by atoms with van der Waals surface area (Å²) >= 11 is 0. The van der Waals surface area contributed by atoms with Crippen molar-refractivity contribution in [1.82, 2.24) is 10.2 Å². The molecule has 0 radical (unpaired) electrons. The Morgan fingerprint density at radius 2 is 2.35 bits per heavy atom. The Kier molecular flexibility index (Phi) is 5.09. The lowest BCUT2D eigenvalue weighted by Crippen LogP contribution is -2.39. The molecule has 1 fully saturated rings. The van der Waals surface area contributed by atoms with E-state index < -0.39 is 0 Å². The van der Waals surface area contributed by atoms with E-state index in [0.717, 1.165) is 38.0 Å². The van der Waals surface area contributed by atoms with Gasteiger partial charge in [0.2, 0.25) is 0 Å². The fraction of sp³-hybridized carbons (Fsp3) is 0.600. The lowest BCUT2D eigenvalue weighted by atomic mass is 10.0. The number of benzene rings is 1. The zero-order valence-corrected chi connectivity index (χ0v) is 12.2. The van der Waals surface area contributed by atoms with Crippen LogP contribution in [0.4, 0.5) is 5.69 Å². The van der Waals surface area contributed by atoms with Gasteiger partial charge in [0.25, 0.3) is 5.69 Å². The van der Waals surface area contributed by atoms with E-state index in [2.05, 4.69) is 24.1 Å².